The summed E-state index contributed by atoms with van der Waals surface area (Å²) in [4.78, 5) is 25.9. The molecule has 0 unspecified atom stereocenters. The van der Waals surface area contributed by atoms with Crippen molar-refractivity contribution < 1.29 is 17.6 Å². The molecule has 8 heteroatoms. The molecule has 110 valence electrons. The quantitative estimate of drug-likeness (QED) is 0.510. The van der Waals surface area contributed by atoms with Gasteiger partial charge in [0.15, 0.2) is 0 Å². The molecule has 1 N–H and O–H groups in total. The van der Waals surface area contributed by atoms with Crippen molar-refractivity contribution >= 4 is 21.9 Å². The van der Waals surface area contributed by atoms with Crippen molar-refractivity contribution in [3.8, 4) is 6.07 Å². The van der Waals surface area contributed by atoms with Gasteiger partial charge in [0.25, 0.3) is 0 Å². The van der Waals surface area contributed by atoms with E-state index >= 15 is 0 Å². The number of benzene rings is 1. The topological polar surface area (TPSA) is 86.9 Å². The minimum absolute atomic E-state index is 0.0501. The van der Waals surface area contributed by atoms with E-state index in [1.807, 2.05) is 4.98 Å². The van der Waals surface area contributed by atoms with Crippen molar-refractivity contribution in [2.75, 3.05) is 0 Å². The molecule has 0 bridgehead atoms. The predicted molar refractivity (Wildman–Crippen MR) is 70.3 cm³/mol. The molecule has 0 aliphatic carbocycles. The molecule has 0 fully saturated rings. The number of H-pyrrole nitrogens is 1. The van der Waals surface area contributed by atoms with E-state index in [1.54, 1.807) is 6.07 Å². The lowest BCUT2D eigenvalue weighted by atomic mass is 10.1. The van der Waals surface area contributed by atoms with Crippen LogP contribution in [-0.2, 0) is 6.18 Å². The predicted octanol–water partition coefficient (Wildman–Crippen LogP) is 2.52. The number of rotatable bonds is 0. The molecule has 0 saturated heterocycles. The fourth-order valence-electron chi connectivity index (χ4n) is 2.24. The zero-order chi connectivity index (χ0) is 16.1. The Morgan fingerprint density at radius 1 is 1.18 bits per heavy atom. The van der Waals surface area contributed by atoms with Crippen molar-refractivity contribution in [3.05, 3.63) is 56.2 Å². The Labute approximate surface area is 119 Å². The fraction of sp³-hybridized carbons (Fsp3) is 0.0714. The van der Waals surface area contributed by atoms with E-state index in [1.165, 1.54) is 24.3 Å². The van der Waals surface area contributed by atoms with Crippen molar-refractivity contribution in [1.82, 2.24) is 4.98 Å². The molecule has 3 rings (SSSR count). The second-order valence-electron chi connectivity index (χ2n) is 4.45. The molecule has 22 heavy (non-hydrogen) atoms. The number of nitriles is 1. The highest BCUT2D eigenvalue weighted by Crippen LogP contribution is 2.30. The number of nitrogens with one attached hydrogen (secondary N) is 1. The summed E-state index contributed by atoms with van der Waals surface area (Å²) in [6.45, 7) is 0. The standard InChI is InChI=1S/C14H5F3N2O3/c15-14(16,17)12-7(5-18)11(20)9-6-3-1-2-4-8(6)22-13(21)10(9)19-12/h1-4H,(H,19,20). The van der Waals surface area contributed by atoms with Crippen molar-refractivity contribution in [1.29, 1.82) is 5.26 Å². The number of alkyl halides is 3. The Kier molecular flexibility index (Phi) is 2.81. The second kappa shape index (κ2) is 4.46. The van der Waals surface area contributed by atoms with Crippen LogP contribution in [0.2, 0.25) is 0 Å². The Hall–Kier alpha value is -3.08. The average molecular weight is 306 g/mol. The van der Waals surface area contributed by atoms with Crippen LogP contribution in [0, 0.1) is 11.3 Å². The van der Waals surface area contributed by atoms with Crippen molar-refractivity contribution in [2.24, 2.45) is 0 Å². The van der Waals surface area contributed by atoms with Crippen LogP contribution in [-0.4, -0.2) is 4.98 Å². The minimum atomic E-state index is -4.98. The van der Waals surface area contributed by atoms with Gasteiger partial charge < -0.3 is 9.40 Å². The number of para-hydroxylation sites is 1. The molecule has 0 saturated carbocycles. The molecule has 2 aromatic heterocycles. The lowest BCUT2D eigenvalue weighted by Crippen LogP contribution is -2.22. The van der Waals surface area contributed by atoms with Gasteiger partial charge in [0.1, 0.15) is 28.4 Å². The summed E-state index contributed by atoms with van der Waals surface area (Å²) in [6, 6.07) is 7.15. The van der Waals surface area contributed by atoms with Crippen molar-refractivity contribution in [2.45, 2.75) is 6.18 Å². The number of aromatic nitrogens is 1. The van der Waals surface area contributed by atoms with Crippen LogP contribution in [0.3, 0.4) is 0 Å². The molecule has 0 aliphatic rings. The first-order valence-corrected chi connectivity index (χ1v) is 5.93. The summed E-state index contributed by atoms with van der Waals surface area (Å²) in [6.07, 6.45) is -4.98. The number of aromatic amines is 1. The summed E-state index contributed by atoms with van der Waals surface area (Å²) in [5.74, 6) is 0. The maximum absolute atomic E-state index is 12.9. The summed E-state index contributed by atoms with van der Waals surface area (Å²) in [7, 11) is 0. The summed E-state index contributed by atoms with van der Waals surface area (Å²) in [5, 5.41) is 8.75. The summed E-state index contributed by atoms with van der Waals surface area (Å²) >= 11 is 0. The van der Waals surface area contributed by atoms with Gasteiger partial charge in [-0.05, 0) is 6.07 Å². The van der Waals surface area contributed by atoms with E-state index in [-0.39, 0.29) is 16.4 Å². The third-order valence-corrected chi connectivity index (χ3v) is 3.16. The molecule has 0 atom stereocenters. The van der Waals surface area contributed by atoms with E-state index in [0.29, 0.717) is 0 Å². The van der Waals surface area contributed by atoms with Crippen LogP contribution in [0.5, 0.6) is 0 Å². The largest absolute Gasteiger partial charge is 0.432 e. The first-order valence-electron chi connectivity index (χ1n) is 5.93. The first kappa shape index (κ1) is 13.9. The Morgan fingerprint density at radius 3 is 2.50 bits per heavy atom. The number of nitrogens with zero attached hydrogens (tertiary/aromatic N) is 1. The van der Waals surface area contributed by atoms with Crippen LogP contribution < -0.4 is 11.1 Å². The molecule has 1 aromatic carbocycles. The van der Waals surface area contributed by atoms with Crippen LogP contribution in [0.25, 0.3) is 21.9 Å². The Morgan fingerprint density at radius 2 is 1.86 bits per heavy atom. The number of hydrogen-bond acceptors (Lipinski definition) is 4. The highest BCUT2D eigenvalue weighted by molar-refractivity contribution is 6.03. The third-order valence-electron chi connectivity index (χ3n) is 3.16. The van der Waals surface area contributed by atoms with Crippen molar-refractivity contribution in [3.63, 3.8) is 0 Å². The number of hydrogen-bond donors (Lipinski definition) is 1. The Bertz CT molecular complexity index is 1070. The maximum atomic E-state index is 12.9. The van der Waals surface area contributed by atoms with Gasteiger partial charge in [-0.3, -0.25) is 4.79 Å². The van der Waals surface area contributed by atoms with Gasteiger partial charge >= 0.3 is 11.8 Å². The van der Waals surface area contributed by atoms with E-state index in [0.717, 1.165) is 0 Å². The van der Waals surface area contributed by atoms with E-state index < -0.39 is 34.0 Å². The van der Waals surface area contributed by atoms with Gasteiger partial charge in [-0.25, -0.2) is 4.79 Å². The number of fused-ring (bicyclic) bond motifs is 3. The lowest BCUT2D eigenvalue weighted by molar-refractivity contribution is -0.141. The minimum Gasteiger partial charge on any atom is -0.421 e. The molecular formula is C14H5F3N2O3. The molecule has 2 heterocycles. The van der Waals surface area contributed by atoms with Crippen LogP contribution >= 0.6 is 0 Å². The zero-order valence-corrected chi connectivity index (χ0v) is 10.6. The van der Waals surface area contributed by atoms with Gasteiger partial charge in [-0.15, -0.1) is 0 Å². The van der Waals surface area contributed by atoms with E-state index in [4.69, 9.17) is 9.68 Å². The maximum Gasteiger partial charge on any atom is 0.432 e. The highest BCUT2D eigenvalue weighted by atomic mass is 19.4. The number of halogens is 3. The molecular weight excluding hydrogens is 301 g/mol. The smallest absolute Gasteiger partial charge is 0.421 e. The zero-order valence-electron chi connectivity index (χ0n) is 10.6. The molecule has 3 aromatic rings. The molecule has 0 spiro atoms. The molecule has 5 nitrogen and oxygen atoms in total. The Balaban J connectivity index is 2.68. The number of pyridine rings is 1. The highest BCUT2D eigenvalue weighted by Gasteiger charge is 2.37. The van der Waals surface area contributed by atoms with Gasteiger partial charge in [-0.2, -0.15) is 18.4 Å². The van der Waals surface area contributed by atoms with Gasteiger partial charge in [0, 0.05) is 5.39 Å². The lowest BCUT2D eigenvalue weighted by Gasteiger charge is -2.10. The average Bonchev–Trinajstić information content (AvgIpc) is 2.46. The van der Waals surface area contributed by atoms with Crippen LogP contribution in [0.4, 0.5) is 13.2 Å². The fourth-order valence-corrected chi connectivity index (χ4v) is 2.24. The molecule has 0 radical (unpaired) electrons. The monoisotopic (exact) mass is 306 g/mol. The SMILES string of the molecule is N#Cc1c(C(F)(F)F)[nH]c2c(=O)oc3ccccc3c2c1=O. The molecule has 0 amide bonds. The third kappa shape index (κ3) is 1.87. The summed E-state index contributed by atoms with van der Waals surface area (Å²) in [5.41, 5.74) is -5.48. The van der Waals surface area contributed by atoms with Gasteiger partial charge in [0.2, 0.25) is 5.43 Å². The van der Waals surface area contributed by atoms with Gasteiger partial charge in [-0.1, -0.05) is 18.2 Å². The first-order chi connectivity index (χ1) is 10.3. The second-order valence-corrected chi connectivity index (χ2v) is 4.45. The van der Waals surface area contributed by atoms with Gasteiger partial charge in [0.05, 0.1) is 5.39 Å². The van der Waals surface area contributed by atoms with E-state index in [2.05, 4.69) is 0 Å². The van der Waals surface area contributed by atoms with Crippen LogP contribution in [0.1, 0.15) is 11.3 Å². The normalized spacial score (nSPS) is 11.7. The molecule has 0 aliphatic heterocycles. The van der Waals surface area contributed by atoms with Crippen LogP contribution in [0.15, 0.2) is 38.3 Å². The van der Waals surface area contributed by atoms with E-state index in [9.17, 15) is 22.8 Å². The summed E-state index contributed by atoms with van der Waals surface area (Å²) < 4.78 is 43.7.